The molecule has 1 aromatic rings. The highest BCUT2D eigenvalue weighted by molar-refractivity contribution is 7.78. The van der Waals surface area contributed by atoms with Gasteiger partial charge in [-0.2, -0.15) is 0 Å². The summed E-state index contributed by atoms with van der Waals surface area (Å²) in [6, 6.07) is 7.82. The molecule has 0 bridgehead atoms. The maximum absolute atomic E-state index is 5.53. The minimum absolute atomic E-state index is 0.581. The molecule has 0 saturated carbocycles. The third-order valence-electron chi connectivity index (χ3n) is 2.06. The van der Waals surface area contributed by atoms with Crippen molar-refractivity contribution in [1.82, 2.24) is 5.48 Å². The normalized spacial score (nSPS) is 10.2. The molecular weight excluding hydrogens is 260 g/mol. The summed E-state index contributed by atoms with van der Waals surface area (Å²) >= 11 is 4.70. The number of benzene rings is 1. The number of nitrogens with one attached hydrogen (secondary N) is 1. The Morgan fingerprint density at radius 2 is 2.05 bits per heavy atom. The number of thiocarbonyl (C=S) groups is 1. The first-order valence-corrected chi connectivity index (χ1v) is 6.79. The fraction of sp³-hybridized carbons (Fsp3) is 0.429. The maximum Gasteiger partial charge on any atom is 0.131 e. The average molecular weight is 282 g/mol. The Morgan fingerprint density at radius 1 is 1.37 bits per heavy atom. The zero-order valence-corrected chi connectivity index (χ0v) is 12.8. The van der Waals surface area contributed by atoms with Crippen molar-refractivity contribution in [1.29, 1.82) is 0 Å². The molecule has 0 unspecified atom stereocenters. The van der Waals surface area contributed by atoms with Crippen molar-refractivity contribution in [3.8, 4) is 5.75 Å². The van der Waals surface area contributed by atoms with Crippen molar-refractivity contribution in [3.05, 3.63) is 29.8 Å². The number of hydroxylamine groups is 1. The molecule has 5 heteroatoms. The summed E-state index contributed by atoms with van der Waals surface area (Å²) in [7, 11) is 1.54. The van der Waals surface area contributed by atoms with E-state index in [2.05, 4.69) is 10.5 Å². The summed E-state index contributed by atoms with van der Waals surface area (Å²) in [5.41, 5.74) is 5.04. The summed E-state index contributed by atoms with van der Waals surface area (Å²) < 4.78 is 5.53. The molecule has 4 nitrogen and oxygen atoms in total. The van der Waals surface area contributed by atoms with Gasteiger partial charge in [0.15, 0.2) is 0 Å². The van der Waals surface area contributed by atoms with Crippen LogP contribution in [0, 0.1) is 0 Å². The van der Waals surface area contributed by atoms with Crippen LogP contribution in [-0.2, 0) is 11.3 Å². The van der Waals surface area contributed by atoms with Crippen molar-refractivity contribution in [3.63, 3.8) is 0 Å². The van der Waals surface area contributed by atoms with E-state index in [9.17, 15) is 0 Å². The first kappa shape index (κ1) is 17.5. The SMILES string of the molecule is CC.CCOc1ccccc1CC(=NC=S)NOC. The van der Waals surface area contributed by atoms with E-state index in [-0.39, 0.29) is 0 Å². The van der Waals surface area contributed by atoms with E-state index in [4.69, 9.17) is 21.8 Å². The standard InChI is InChI=1S/C12H16N2O2S.C2H6/c1-3-16-11-7-5-4-6-10(11)8-12(13-9-17)14-15-2;1-2/h4-7,9H,3,8H2,1-2H3,(H,13,14,17);1-2H3. The number of amidine groups is 1. The Morgan fingerprint density at radius 3 is 2.63 bits per heavy atom. The molecule has 1 N–H and O–H groups in total. The van der Waals surface area contributed by atoms with Gasteiger partial charge >= 0.3 is 0 Å². The van der Waals surface area contributed by atoms with Crippen LogP contribution in [0.5, 0.6) is 5.75 Å². The topological polar surface area (TPSA) is 42.8 Å². The van der Waals surface area contributed by atoms with Crippen molar-refractivity contribution >= 4 is 23.5 Å². The number of para-hydroxylation sites is 1. The third-order valence-corrected chi connectivity index (χ3v) is 2.16. The van der Waals surface area contributed by atoms with Crippen LogP contribution in [0.2, 0.25) is 0 Å². The van der Waals surface area contributed by atoms with Crippen LogP contribution in [0.3, 0.4) is 0 Å². The van der Waals surface area contributed by atoms with Gasteiger partial charge in [0, 0.05) is 12.0 Å². The first-order chi connectivity index (χ1) is 9.31. The Hall–Kier alpha value is -1.46. The second kappa shape index (κ2) is 11.6. The van der Waals surface area contributed by atoms with Crippen LogP contribution in [0.4, 0.5) is 0 Å². The summed E-state index contributed by atoms with van der Waals surface area (Å²) in [5.74, 6) is 1.50. The van der Waals surface area contributed by atoms with E-state index >= 15 is 0 Å². The predicted octanol–water partition coefficient (Wildman–Crippen LogP) is 3.16. The molecule has 1 aromatic carbocycles. The van der Waals surface area contributed by atoms with Crippen LogP contribution in [0.15, 0.2) is 29.3 Å². The van der Waals surface area contributed by atoms with Gasteiger partial charge in [-0.3, -0.25) is 10.3 Å². The number of hydrogen-bond acceptors (Lipinski definition) is 3. The fourth-order valence-electron chi connectivity index (χ4n) is 1.42. The van der Waals surface area contributed by atoms with Crippen molar-refractivity contribution in [2.45, 2.75) is 27.2 Å². The molecule has 106 valence electrons. The van der Waals surface area contributed by atoms with Crippen LogP contribution in [-0.4, -0.2) is 25.0 Å². The predicted molar refractivity (Wildman–Crippen MR) is 83.9 cm³/mol. The Balaban J connectivity index is 0.00000154. The molecule has 0 aromatic heterocycles. The molecule has 0 radical (unpaired) electrons. The van der Waals surface area contributed by atoms with E-state index in [1.165, 1.54) is 12.6 Å². The minimum Gasteiger partial charge on any atom is -0.494 e. The lowest BCUT2D eigenvalue weighted by atomic mass is 10.1. The molecular formula is C14H22N2O2S. The third kappa shape index (κ3) is 6.88. The lowest BCUT2D eigenvalue weighted by molar-refractivity contribution is 0.143. The van der Waals surface area contributed by atoms with Gasteiger partial charge in [0.1, 0.15) is 11.6 Å². The molecule has 1 rings (SSSR count). The van der Waals surface area contributed by atoms with Crippen LogP contribution < -0.4 is 10.2 Å². The van der Waals surface area contributed by atoms with E-state index in [0.717, 1.165) is 11.3 Å². The van der Waals surface area contributed by atoms with Crippen molar-refractivity contribution < 1.29 is 9.57 Å². The van der Waals surface area contributed by atoms with Crippen molar-refractivity contribution in [2.24, 2.45) is 4.99 Å². The number of aliphatic imine (C=N–C) groups is 1. The smallest absolute Gasteiger partial charge is 0.131 e. The molecule has 0 aliphatic rings. The minimum atomic E-state index is 0.581. The lowest BCUT2D eigenvalue weighted by Gasteiger charge is -2.11. The van der Waals surface area contributed by atoms with E-state index in [1.54, 1.807) is 0 Å². The van der Waals surface area contributed by atoms with Gasteiger partial charge in [-0.05, 0) is 13.0 Å². The van der Waals surface area contributed by atoms with Gasteiger partial charge in [-0.1, -0.05) is 44.3 Å². The quantitative estimate of drug-likeness (QED) is 0.377. The highest BCUT2D eigenvalue weighted by atomic mass is 32.1. The van der Waals surface area contributed by atoms with Crippen LogP contribution in [0.1, 0.15) is 26.3 Å². The summed E-state index contributed by atoms with van der Waals surface area (Å²) in [5, 5.41) is 0. The maximum atomic E-state index is 5.53. The van der Waals surface area contributed by atoms with Gasteiger partial charge in [-0.25, -0.2) is 4.99 Å². The number of ether oxygens (including phenoxy) is 1. The van der Waals surface area contributed by atoms with Gasteiger partial charge in [-0.15, -0.1) is 0 Å². The zero-order chi connectivity index (χ0) is 14.5. The molecule has 0 aliphatic carbocycles. The molecule has 0 fully saturated rings. The monoisotopic (exact) mass is 282 g/mol. The van der Waals surface area contributed by atoms with Crippen molar-refractivity contribution in [2.75, 3.05) is 13.7 Å². The summed E-state index contributed by atoms with van der Waals surface area (Å²) in [6.07, 6.45) is 0.581. The van der Waals surface area contributed by atoms with Crippen LogP contribution >= 0.6 is 12.2 Å². The number of hydrogen-bond donors (Lipinski definition) is 1. The highest BCUT2D eigenvalue weighted by Gasteiger charge is 2.06. The summed E-state index contributed by atoms with van der Waals surface area (Å²) in [6.45, 7) is 6.59. The van der Waals surface area contributed by atoms with E-state index in [0.29, 0.717) is 18.9 Å². The largest absolute Gasteiger partial charge is 0.494 e. The summed E-state index contributed by atoms with van der Waals surface area (Å²) in [4.78, 5) is 8.87. The molecule has 0 spiro atoms. The molecule has 0 heterocycles. The molecule has 0 aliphatic heterocycles. The Labute approximate surface area is 120 Å². The molecule has 0 atom stereocenters. The van der Waals surface area contributed by atoms with Gasteiger partial charge in [0.25, 0.3) is 0 Å². The molecule has 19 heavy (non-hydrogen) atoms. The second-order valence-corrected chi connectivity index (χ2v) is 3.42. The van der Waals surface area contributed by atoms with Gasteiger partial charge in [0.05, 0.1) is 19.2 Å². The van der Waals surface area contributed by atoms with Gasteiger partial charge < -0.3 is 4.74 Å². The Kier molecular flexibility index (Phi) is 10.7. The molecule has 0 amide bonds. The second-order valence-electron chi connectivity index (χ2n) is 3.20. The lowest BCUT2D eigenvalue weighted by Crippen LogP contribution is -2.24. The number of nitrogens with zero attached hydrogens (tertiary/aromatic N) is 1. The average Bonchev–Trinajstić information content (AvgIpc) is 2.44. The molecule has 0 saturated heterocycles. The first-order valence-electron chi connectivity index (χ1n) is 6.31. The van der Waals surface area contributed by atoms with Gasteiger partial charge in [0.2, 0.25) is 0 Å². The van der Waals surface area contributed by atoms with E-state index in [1.807, 2.05) is 45.0 Å². The number of rotatable bonds is 6. The zero-order valence-electron chi connectivity index (χ0n) is 12.0. The van der Waals surface area contributed by atoms with E-state index < -0.39 is 0 Å². The van der Waals surface area contributed by atoms with Crippen LogP contribution in [0.25, 0.3) is 0 Å². The Bertz CT molecular complexity index is 395. The highest BCUT2D eigenvalue weighted by Crippen LogP contribution is 2.18. The fourth-order valence-corrected chi connectivity index (χ4v) is 1.54.